The summed E-state index contributed by atoms with van der Waals surface area (Å²) in [6.45, 7) is 16.6. The molecule has 1 amide bonds. The number of nitrogens with zero attached hydrogens (tertiary/aromatic N) is 16. The SMILES string of the molecule is CCC(=O)Nc1ccn([C@@H]2O[C@H](C)[C@@H](O)[C@@H]2O)c(=O)n1.COC1CCC(n2ccc(N)nc2=O)O1.COC1CCC(n2cnc3c(C)nc(C)nc32)O1.COC1OCC(n2cc(C)c(N)nc2=O)S1.COCC1CCC(n2cnc3c(C)nc(C)nc32)O1.COCC1OCC(n2cc(C)c(N)nc2=O)S1. The lowest BCUT2D eigenvalue weighted by Gasteiger charge is -2.17. The number of methoxy groups -OCH3 is 5. The number of nitrogens with two attached hydrogens (primary N) is 3. The Morgan fingerprint density at radius 3 is 1.56 bits per heavy atom. The Morgan fingerprint density at radius 1 is 0.571 bits per heavy atom. The van der Waals surface area contributed by atoms with Gasteiger partial charge in [0.2, 0.25) is 11.5 Å². The maximum atomic E-state index is 11.9. The van der Waals surface area contributed by atoms with Gasteiger partial charge in [0.05, 0.1) is 62.7 Å². The summed E-state index contributed by atoms with van der Waals surface area (Å²) in [5.74, 6) is 2.17. The molecule has 572 valence electrons. The molecule has 0 spiro atoms. The Kier molecular flexibility index (Phi) is 28.7. The van der Waals surface area contributed by atoms with Crippen molar-refractivity contribution in [2.45, 2.75) is 184 Å². The number of rotatable bonds is 15. The molecule has 0 aliphatic carbocycles. The molecule has 6 aliphatic rings. The topological polar surface area (TPSA) is 476 Å². The third-order valence-corrected chi connectivity index (χ3v) is 19.6. The summed E-state index contributed by atoms with van der Waals surface area (Å²) >= 11 is 2.98. The summed E-state index contributed by atoms with van der Waals surface area (Å²) in [5.41, 5.74) is 21.2. The summed E-state index contributed by atoms with van der Waals surface area (Å²) in [6, 6.07) is 3.01. The van der Waals surface area contributed by atoms with Crippen molar-refractivity contribution in [2.24, 2.45) is 0 Å². The van der Waals surface area contributed by atoms with Gasteiger partial charge in [-0.1, -0.05) is 18.7 Å². The van der Waals surface area contributed by atoms with Crippen LogP contribution in [0.3, 0.4) is 0 Å². The van der Waals surface area contributed by atoms with Gasteiger partial charge in [-0.3, -0.25) is 32.2 Å². The van der Waals surface area contributed by atoms with Crippen molar-refractivity contribution in [1.29, 1.82) is 0 Å². The largest absolute Gasteiger partial charge is 0.388 e. The van der Waals surface area contributed by atoms with Crippen molar-refractivity contribution in [3.05, 3.63) is 126 Å². The van der Waals surface area contributed by atoms with Gasteiger partial charge in [-0.2, -0.15) is 19.9 Å². The van der Waals surface area contributed by atoms with Crippen molar-refractivity contribution in [3.63, 3.8) is 0 Å². The zero-order chi connectivity index (χ0) is 75.9. The highest BCUT2D eigenvalue weighted by Gasteiger charge is 2.42. The highest BCUT2D eigenvalue weighted by molar-refractivity contribution is 8.00. The van der Waals surface area contributed by atoms with Crippen molar-refractivity contribution in [1.82, 2.24) is 77.2 Å². The third kappa shape index (κ3) is 20.4. The number of imidazole rings is 2. The van der Waals surface area contributed by atoms with Crippen LogP contribution in [0.25, 0.3) is 22.3 Å². The van der Waals surface area contributed by atoms with Gasteiger partial charge >= 0.3 is 22.8 Å². The maximum absolute atomic E-state index is 11.9. The number of aliphatic hydroxyl groups excluding tert-OH is 2. The second kappa shape index (κ2) is 37.3. The summed E-state index contributed by atoms with van der Waals surface area (Å²) in [5, 5.41) is 21.7. The molecule has 8 aromatic heterocycles. The number of ether oxygens (including phenoxy) is 11. The minimum absolute atomic E-state index is 0.00106. The molecule has 105 heavy (non-hydrogen) atoms. The van der Waals surface area contributed by atoms with Crippen LogP contribution in [-0.2, 0) is 56.9 Å². The van der Waals surface area contributed by atoms with E-state index in [0.717, 1.165) is 99.6 Å². The van der Waals surface area contributed by atoms with Gasteiger partial charge in [-0.25, -0.2) is 49.1 Å². The average Bonchev–Trinajstić information content (AvgIpc) is 1.65. The molecule has 14 rings (SSSR count). The van der Waals surface area contributed by atoms with Gasteiger partial charge in [0.1, 0.15) is 93.0 Å². The molecule has 0 saturated carbocycles. The van der Waals surface area contributed by atoms with Crippen molar-refractivity contribution < 1.29 is 67.1 Å². The van der Waals surface area contributed by atoms with Crippen LogP contribution in [0.2, 0.25) is 0 Å². The lowest BCUT2D eigenvalue weighted by molar-refractivity contribution is -0.134. The molecule has 10 unspecified atom stereocenters. The number of hydrogen-bond donors (Lipinski definition) is 6. The molecule has 0 bridgehead atoms. The predicted molar refractivity (Wildman–Crippen MR) is 384 cm³/mol. The fourth-order valence-electron chi connectivity index (χ4n) is 11.6. The van der Waals surface area contributed by atoms with Crippen LogP contribution >= 0.6 is 23.5 Å². The van der Waals surface area contributed by atoms with Gasteiger partial charge in [0.15, 0.2) is 30.1 Å². The summed E-state index contributed by atoms with van der Waals surface area (Å²) < 4.78 is 68.4. The van der Waals surface area contributed by atoms with E-state index in [1.807, 2.05) is 50.7 Å². The molecule has 38 nitrogen and oxygen atoms in total. The fraction of sp³-hybridized carbons (Fsp3) is 0.585. The van der Waals surface area contributed by atoms with Crippen LogP contribution in [0.15, 0.2) is 68.8 Å². The quantitative estimate of drug-likeness (QED) is 0.0855. The molecule has 6 aliphatic heterocycles. The number of nitrogens with one attached hydrogen (secondary N) is 1. The first-order valence-corrected chi connectivity index (χ1v) is 35.5. The average molecular weight is 1510 g/mol. The highest BCUT2D eigenvalue weighted by Crippen LogP contribution is 2.37. The van der Waals surface area contributed by atoms with E-state index in [2.05, 4.69) is 55.2 Å². The number of thioether (sulfide) groups is 2. The van der Waals surface area contributed by atoms with Crippen LogP contribution in [0, 0.1) is 41.5 Å². The lowest BCUT2D eigenvalue weighted by Crippen LogP contribution is -2.35. The summed E-state index contributed by atoms with van der Waals surface area (Å²) in [4.78, 5) is 99.1. The predicted octanol–water partition coefficient (Wildman–Crippen LogP) is 3.52. The van der Waals surface area contributed by atoms with Crippen LogP contribution in [0.5, 0.6) is 0 Å². The minimum Gasteiger partial charge on any atom is -0.388 e. The summed E-state index contributed by atoms with van der Waals surface area (Å²) in [6.07, 6.45) is 11.1. The van der Waals surface area contributed by atoms with Crippen LogP contribution < -0.4 is 45.3 Å². The number of hydrogen-bond acceptors (Lipinski definition) is 33. The number of aliphatic hydroxyl groups is 2. The molecule has 6 fully saturated rings. The van der Waals surface area contributed by atoms with E-state index in [0.29, 0.717) is 26.4 Å². The maximum Gasteiger partial charge on any atom is 0.351 e. The molecule has 14 heterocycles. The monoisotopic (exact) mass is 1500 g/mol. The molecule has 6 saturated heterocycles. The first-order valence-electron chi connectivity index (χ1n) is 33.6. The Balaban J connectivity index is 0.000000146. The van der Waals surface area contributed by atoms with Gasteiger partial charge in [-0.05, 0) is 86.3 Å². The second-order valence-electron chi connectivity index (χ2n) is 24.7. The minimum atomic E-state index is -1.21. The first-order chi connectivity index (χ1) is 50.2. The molecule has 9 N–H and O–H groups in total. The molecule has 40 heteroatoms. The second-order valence-corrected chi connectivity index (χ2v) is 27.2. The lowest BCUT2D eigenvalue weighted by atomic mass is 10.1. The van der Waals surface area contributed by atoms with Crippen molar-refractivity contribution in [2.75, 3.05) is 84.5 Å². The number of carbonyl (C=O) groups is 1. The van der Waals surface area contributed by atoms with Gasteiger partial charge in [0, 0.05) is 90.7 Å². The van der Waals surface area contributed by atoms with E-state index in [1.165, 1.54) is 33.2 Å². The standard InChI is InChI=1S/C13H18N4O2.C12H16N4O2.C12H17N3O5.C10H15N3O3S.C9H13N3O3S.C9H13N3O3/c1-8-12-13(16-9(2)15-8)17(7-14-12)11-5-4-10(19-11)6-18-3;1-7-11-12(15-8(2)14-7)16(6-13-11)9-4-5-10(17-3)18-9;1-3-8(16)13-7-4-5-15(12(19)14-7)11-10(18)9(17)6(2)20-11;1-6-3-13(10(14)12-9(6)11)7-4-16-8(17-7)5-15-2;1-5-3-12(8(13)11-7(5)10)6-4-15-9(14-2)16-6;1-14-8-3-2-7(15-8)12-5-4-6(10)11-9(12)13/h7,10-11H,4-6H2,1-3H3;6,9-10H,4-5H2,1-3H3;4-6,9-11,17-18H,3H2,1-2H3,(H,13,14,16,19);3,7-8H,4-5H2,1-2H3,(H2,11,12,14);3,6,9H,4H2,1-2H3,(H2,10,11,13);4-5,7-8H,2-3H2,1H3,(H2,10,11,13)/t;;6-,9-,10+,11-;;;/m..1.../s1. The molecular weight excluding hydrogens is 1410 g/mol. The Morgan fingerprint density at radius 2 is 1.08 bits per heavy atom. The van der Waals surface area contributed by atoms with E-state index < -0.39 is 35.9 Å². The van der Waals surface area contributed by atoms with Crippen LogP contribution in [0.4, 0.5) is 23.3 Å². The highest BCUT2D eigenvalue weighted by atomic mass is 32.2. The first kappa shape index (κ1) is 80.8. The number of carbonyl (C=O) groups excluding carboxylic acids is 1. The van der Waals surface area contributed by atoms with Crippen LogP contribution in [0.1, 0.15) is 129 Å². The molecular formula is C65H92N20O18S2. The van der Waals surface area contributed by atoms with E-state index >= 15 is 0 Å². The molecule has 0 aromatic carbocycles. The number of aryl methyl sites for hydroxylation is 6. The van der Waals surface area contributed by atoms with E-state index in [1.54, 1.807) is 103 Å². The van der Waals surface area contributed by atoms with Gasteiger partial charge in [-0.15, -0.1) is 11.8 Å². The Hall–Kier alpha value is -8.33. The van der Waals surface area contributed by atoms with Gasteiger partial charge < -0.3 is 84.8 Å². The number of fused-ring (bicyclic) bond motifs is 2. The molecule has 14 atom stereocenters. The Bertz CT molecular complexity index is 4490. The molecule has 0 radical (unpaired) electrons. The number of nitrogen functional groups attached to an aromatic ring is 3. The fourth-order valence-corrected chi connectivity index (χ4v) is 13.7. The zero-order valence-corrected chi connectivity index (χ0v) is 62.2. The summed E-state index contributed by atoms with van der Waals surface area (Å²) in [7, 11) is 8.13. The zero-order valence-electron chi connectivity index (χ0n) is 60.6. The van der Waals surface area contributed by atoms with Crippen molar-refractivity contribution >= 4 is 75.0 Å². The van der Waals surface area contributed by atoms with E-state index in [4.69, 9.17) is 69.3 Å². The normalized spacial score (nSPS) is 25.3. The van der Waals surface area contributed by atoms with E-state index in [9.17, 15) is 34.2 Å². The number of anilines is 4. The molecule has 8 aromatic rings. The third-order valence-electron chi connectivity index (χ3n) is 17.1. The van der Waals surface area contributed by atoms with Crippen molar-refractivity contribution in [3.8, 4) is 0 Å². The van der Waals surface area contributed by atoms with Crippen LogP contribution in [-0.4, -0.2) is 203 Å². The number of aromatic nitrogens is 16. The smallest absolute Gasteiger partial charge is 0.351 e. The number of amides is 1. The van der Waals surface area contributed by atoms with E-state index in [-0.39, 0.29) is 106 Å². The van der Waals surface area contributed by atoms with Gasteiger partial charge in [0.25, 0.3) is 0 Å². The Labute approximate surface area is 611 Å².